The van der Waals surface area contributed by atoms with Gasteiger partial charge in [-0.05, 0) is 24.1 Å². The van der Waals surface area contributed by atoms with E-state index in [-0.39, 0.29) is 5.56 Å². The highest BCUT2D eigenvalue weighted by Gasteiger charge is 2.31. The summed E-state index contributed by atoms with van der Waals surface area (Å²) in [5, 5.41) is 0. The first kappa shape index (κ1) is 12.4. The minimum Gasteiger partial charge on any atom is -0.406 e. The van der Waals surface area contributed by atoms with Crippen molar-refractivity contribution in [1.29, 1.82) is 0 Å². The number of halogens is 3. The zero-order valence-corrected chi connectivity index (χ0v) is 8.47. The monoisotopic (exact) mass is 233 g/mol. The first-order valence-electron chi connectivity index (χ1n) is 4.52. The predicted molar refractivity (Wildman–Crippen MR) is 51.0 cm³/mol. The second-order valence-corrected chi connectivity index (χ2v) is 3.08. The van der Waals surface area contributed by atoms with Crippen LogP contribution in [0.3, 0.4) is 0 Å². The van der Waals surface area contributed by atoms with Crippen LogP contribution in [-0.2, 0) is 6.42 Å². The third kappa shape index (κ3) is 3.15. The molecule has 0 aromatic heterocycles. The number of alkyl halides is 3. The fraction of sp³-hybridized carbons (Fsp3) is 0.300. The van der Waals surface area contributed by atoms with Crippen LogP contribution in [0.5, 0.6) is 5.75 Å². The van der Waals surface area contributed by atoms with Crippen LogP contribution in [-0.4, -0.2) is 12.3 Å². The van der Waals surface area contributed by atoms with Crippen molar-refractivity contribution in [3.63, 3.8) is 0 Å². The minimum absolute atomic E-state index is 0.0456. The molecule has 1 rings (SSSR count). The molecule has 0 aliphatic heterocycles. The molecule has 1 aromatic rings. The fourth-order valence-corrected chi connectivity index (χ4v) is 1.29. The summed E-state index contributed by atoms with van der Waals surface area (Å²) >= 11 is 0. The van der Waals surface area contributed by atoms with Crippen LogP contribution in [0.4, 0.5) is 13.2 Å². The lowest BCUT2D eigenvalue weighted by Gasteiger charge is -2.11. The van der Waals surface area contributed by atoms with Crippen LogP contribution >= 0.6 is 0 Å². The summed E-state index contributed by atoms with van der Waals surface area (Å²) in [5.74, 6) is -1.22. The van der Waals surface area contributed by atoms with Crippen LogP contribution in [0.15, 0.2) is 18.2 Å². The molecule has 16 heavy (non-hydrogen) atoms. The molecule has 6 heteroatoms. The zero-order chi connectivity index (χ0) is 12.3. The van der Waals surface area contributed by atoms with E-state index < -0.39 is 18.0 Å². The van der Waals surface area contributed by atoms with Gasteiger partial charge in [0.05, 0.1) is 0 Å². The second-order valence-electron chi connectivity index (χ2n) is 3.08. The Bertz CT molecular complexity index is 402. The SMILES string of the molecule is CCc1ccc(OC(F)(F)F)cc1C(N)=O. The lowest BCUT2D eigenvalue weighted by Crippen LogP contribution is -2.18. The van der Waals surface area contributed by atoms with Crippen molar-refractivity contribution in [1.82, 2.24) is 0 Å². The molecule has 0 bridgehead atoms. The maximum absolute atomic E-state index is 11.9. The Kier molecular flexibility index (Phi) is 3.41. The summed E-state index contributed by atoms with van der Waals surface area (Å²) < 4.78 is 39.4. The van der Waals surface area contributed by atoms with Crippen molar-refractivity contribution in [2.45, 2.75) is 19.7 Å². The molecule has 0 atom stereocenters. The largest absolute Gasteiger partial charge is 0.573 e. The molecule has 1 amide bonds. The number of carbonyl (C=O) groups is 1. The molecule has 0 saturated carbocycles. The quantitative estimate of drug-likeness (QED) is 0.870. The molecule has 2 N–H and O–H groups in total. The fourth-order valence-electron chi connectivity index (χ4n) is 1.29. The minimum atomic E-state index is -4.78. The van der Waals surface area contributed by atoms with Gasteiger partial charge in [0.1, 0.15) is 5.75 Å². The second kappa shape index (κ2) is 4.42. The molecule has 0 aliphatic rings. The smallest absolute Gasteiger partial charge is 0.406 e. The molecule has 88 valence electrons. The molecule has 0 saturated heterocycles. The van der Waals surface area contributed by atoms with Crippen molar-refractivity contribution in [3.05, 3.63) is 29.3 Å². The van der Waals surface area contributed by atoms with E-state index in [9.17, 15) is 18.0 Å². The molecular weight excluding hydrogens is 223 g/mol. The van der Waals surface area contributed by atoms with E-state index in [1.165, 1.54) is 6.07 Å². The molecule has 0 aliphatic carbocycles. The van der Waals surface area contributed by atoms with E-state index in [1.54, 1.807) is 6.92 Å². The van der Waals surface area contributed by atoms with Crippen molar-refractivity contribution in [3.8, 4) is 5.75 Å². The maximum atomic E-state index is 11.9. The van der Waals surface area contributed by atoms with Crippen molar-refractivity contribution in [2.24, 2.45) is 5.73 Å². The first-order valence-corrected chi connectivity index (χ1v) is 4.52. The van der Waals surface area contributed by atoms with Crippen molar-refractivity contribution < 1.29 is 22.7 Å². The average molecular weight is 233 g/mol. The van der Waals surface area contributed by atoms with Gasteiger partial charge in [0, 0.05) is 5.56 Å². The highest BCUT2D eigenvalue weighted by atomic mass is 19.4. The number of hydrogen-bond donors (Lipinski definition) is 1. The van der Waals surface area contributed by atoms with Crippen LogP contribution < -0.4 is 10.5 Å². The van der Waals surface area contributed by atoms with Crippen LogP contribution in [0.1, 0.15) is 22.8 Å². The van der Waals surface area contributed by atoms with E-state index in [0.717, 1.165) is 12.1 Å². The number of nitrogens with two attached hydrogens (primary N) is 1. The Morgan fingerprint density at radius 2 is 2.06 bits per heavy atom. The molecular formula is C10H10F3NO2. The van der Waals surface area contributed by atoms with Gasteiger partial charge >= 0.3 is 6.36 Å². The van der Waals surface area contributed by atoms with Gasteiger partial charge in [0.2, 0.25) is 5.91 Å². The van der Waals surface area contributed by atoms with Gasteiger partial charge in [0.15, 0.2) is 0 Å². The predicted octanol–water partition coefficient (Wildman–Crippen LogP) is 2.25. The zero-order valence-electron chi connectivity index (χ0n) is 8.47. The summed E-state index contributed by atoms with van der Waals surface area (Å²) in [4.78, 5) is 11.0. The molecule has 1 aromatic carbocycles. The average Bonchev–Trinajstić information content (AvgIpc) is 2.15. The summed E-state index contributed by atoms with van der Waals surface area (Å²) in [6.07, 6.45) is -4.27. The number of benzene rings is 1. The van der Waals surface area contributed by atoms with Gasteiger partial charge < -0.3 is 10.5 Å². The molecule has 0 heterocycles. The molecule has 0 radical (unpaired) electrons. The summed E-state index contributed by atoms with van der Waals surface area (Å²) in [6.45, 7) is 1.77. The van der Waals surface area contributed by atoms with Gasteiger partial charge in [-0.25, -0.2) is 0 Å². The van der Waals surface area contributed by atoms with Gasteiger partial charge in [0.25, 0.3) is 0 Å². The third-order valence-corrected chi connectivity index (χ3v) is 1.96. The molecule has 3 nitrogen and oxygen atoms in total. The summed E-state index contributed by atoms with van der Waals surface area (Å²) in [6, 6.07) is 3.54. The van der Waals surface area contributed by atoms with Crippen LogP contribution in [0.25, 0.3) is 0 Å². The number of hydrogen-bond acceptors (Lipinski definition) is 2. The summed E-state index contributed by atoms with van der Waals surface area (Å²) in [5.41, 5.74) is 5.68. The highest BCUT2D eigenvalue weighted by Crippen LogP contribution is 2.25. The normalized spacial score (nSPS) is 11.2. The Morgan fingerprint density at radius 1 is 1.44 bits per heavy atom. The van der Waals surface area contributed by atoms with E-state index >= 15 is 0 Å². The van der Waals surface area contributed by atoms with E-state index in [4.69, 9.17) is 5.73 Å². The Hall–Kier alpha value is -1.72. The highest BCUT2D eigenvalue weighted by molar-refractivity contribution is 5.94. The van der Waals surface area contributed by atoms with E-state index in [2.05, 4.69) is 4.74 Å². The Labute approximate surface area is 90.0 Å². The number of primary amides is 1. The number of aryl methyl sites for hydroxylation is 1. The van der Waals surface area contributed by atoms with E-state index in [0.29, 0.717) is 12.0 Å². The van der Waals surface area contributed by atoms with Gasteiger partial charge in [-0.1, -0.05) is 13.0 Å². The molecule has 0 unspecified atom stereocenters. The molecule has 0 spiro atoms. The topological polar surface area (TPSA) is 52.3 Å². The number of amides is 1. The Morgan fingerprint density at radius 3 is 2.50 bits per heavy atom. The van der Waals surface area contributed by atoms with Crippen molar-refractivity contribution in [2.75, 3.05) is 0 Å². The summed E-state index contributed by atoms with van der Waals surface area (Å²) in [7, 11) is 0. The standard InChI is InChI=1S/C10H10F3NO2/c1-2-6-3-4-7(16-10(11,12)13)5-8(6)9(14)15/h3-5H,2H2,1H3,(H2,14,15). The lowest BCUT2D eigenvalue weighted by molar-refractivity contribution is -0.274. The van der Waals surface area contributed by atoms with Gasteiger partial charge in [-0.15, -0.1) is 13.2 Å². The van der Waals surface area contributed by atoms with Gasteiger partial charge in [-0.3, -0.25) is 4.79 Å². The first-order chi connectivity index (χ1) is 7.33. The lowest BCUT2D eigenvalue weighted by atomic mass is 10.0. The van der Waals surface area contributed by atoms with Gasteiger partial charge in [-0.2, -0.15) is 0 Å². The van der Waals surface area contributed by atoms with Crippen LogP contribution in [0, 0.1) is 0 Å². The van der Waals surface area contributed by atoms with Crippen molar-refractivity contribution >= 4 is 5.91 Å². The van der Waals surface area contributed by atoms with E-state index in [1.807, 2.05) is 0 Å². The number of rotatable bonds is 3. The molecule has 0 fully saturated rings. The van der Waals surface area contributed by atoms with Crippen LogP contribution in [0.2, 0.25) is 0 Å². The third-order valence-electron chi connectivity index (χ3n) is 1.96. The maximum Gasteiger partial charge on any atom is 0.573 e. The number of ether oxygens (including phenoxy) is 1. The number of carbonyl (C=O) groups excluding carboxylic acids is 1. The Balaban J connectivity index is 3.07.